The SMILES string of the molecule is COC1CC(COC(=O)/C=C/C(O)C(OC)C(O)C(O)CO)C(OC2CC(COC(=O)/C=C\C(C)C(O)C(O)C(O)CO)C(C)C(O)C2OC(=O)/C=C/C(O)C(O)C(O)C(O)CO)C(CC(=O)/C=C/C(O)C(O)C(O)C(O)CO)C1OC(=O)/C=C\C(O)C(O)C(O)C(O)CO. The van der Waals surface area contributed by atoms with Crippen LogP contribution in [0.4, 0.5) is 0 Å². The zero-order chi connectivity index (χ0) is 72.3. The first-order valence-corrected chi connectivity index (χ1v) is 30.0. The van der Waals surface area contributed by atoms with E-state index in [1.54, 1.807) is 0 Å². The van der Waals surface area contributed by atoms with Crippen molar-refractivity contribution >= 4 is 29.7 Å². The molecule has 0 spiro atoms. The molecule has 0 radical (unpaired) electrons. The molecule has 2 fully saturated rings. The van der Waals surface area contributed by atoms with Gasteiger partial charge in [-0.25, -0.2) is 19.2 Å². The number of rotatable bonds is 42. The van der Waals surface area contributed by atoms with Crippen molar-refractivity contribution in [2.75, 3.05) is 60.5 Å². The molecule has 0 aromatic rings. The maximum Gasteiger partial charge on any atom is 0.330 e. The molecule has 2 saturated carbocycles. The first-order chi connectivity index (χ1) is 44.6. The van der Waals surface area contributed by atoms with Crippen LogP contribution < -0.4 is 0 Å². The van der Waals surface area contributed by atoms with Crippen LogP contribution in [0.2, 0.25) is 0 Å². The molecule has 24 N–H and O–H groups in total. The van der Waals surface area contributed by atoms with Crippen molar-refractivity contribution in [3.05, 3.63) is 60.8 Å². The number of ether oxygens (including phenoxy) is 7. The number of aliphatic hydroxyl groups excluding tert-OH is 24. The Labute approximate surface area is 544 Å². The zero-order valence-corrected chi connectivity index (χ0v) is 52.3. The van der Waals surface area contributed by atoms with Gasteiger partial charge < -0.3 is 156 Å². The Hall–Kier alpha value is -4.83. The van der Waals surface area contributed by atoms with Crippen LogP contribution >= 0.6 is 0 Å². The number of allylic oxidation sites excluding steroid dienone is 1. The van der Waals surface area contributed by atoms with Crippen LogP contribution in [0, 0.1) is 29.6 Å². The van der Waals surface area contributed by atoms with Gasteiger partial charge in [-0.1, -0.05) is 19.9 Å². The van der Waals surface area contributed by atoms with Gasteiger partial charge in [0.2, 0.25) is 0 Å². The topological polar surface area (TPSA) is 635 Å². The highest BCUT2D eigenvalue weighted by Gasteiger charge is 2.53. The van der Waals surface area contributed by atoms with E-state index in [-0.39, 0.29) is 0 Å². The molecular weight excluding hydrogens is 1280 g/mol. The first-order valence-electron chi connectivity index (χ1n) is 30.0. The molecule has 0 amide bonds. The van der Waals surface area contributed by atoms with Crippen molar-refractivity contribution in [3.63, 3.8) is 0 Å². The van der Waals surface area contributed by atoms with E-state index in [1.807, 2.05) is 0 Å². The van der Waals surface area contributed by atoms with Gasteiger partial charge in [0.1, 0.15) is 116 Å². The molecular formula is C59H96O36. The average Bonchev–Trinajstić information content (AvgIpc) is 0.786. The first kappa shape index (κ1) is 86.3. The van der Waals surface area contributed by atoms with E-state index in [1.165, 1.54) is 13.8 Å². The van der Waals surface area contributed by atoms with Crippen LogP contribution in [0.1, 0.15) is 33.1 Å². The van der Waals surface area contributed by atoms with Crippen molar-refractivity contribution in [3.8, 4) is 0 Å². The molecule has 0 aromatic carbocycles. The Morgan fingerprint density at radius 2 is 0.800 bits per heavy atom. The Kier molecular flexibility index (Phi) is 38.9. The number of hydrogen-bond acceptors (Lipinski definition) is 36. The van der Waals surface area contributed by atoms with Crippen molar-refractivity contribution < 1.29 is 180 Å². The van der Waals surface area contributed by atoms with Gasteiger partial charge in [-0.15, -0.1) is 0 Å². The standard InChI is InChI=1S/C59H96O36/c1-25(46(79)51(84)35(70)18-60)5-11-42(75)91-23-27-15-41(59(47(80)26(27)2)95-45(78)14-9-33(68)50(83)54(87)38(73)21-63)93-56-28(24-92-43(76)12-10-34(69)58(90-4)55(88)39(74)22-64)16-40(89-3)57(94-44(77)13-8-32(67)49(82)53(86)37(72)20-62)30(56)17-29(65)6-7-31(66)48(81)52(85)36(71)19-61/h5-14,25-28,30-41,46-64,66-74,79-88H,15-24H2,1-4H3/b7-6+,11-5-,12-10+,13-8-,14-9+. The Morgan fingerprint density at radius 3 is 1.23 bits per heavy atom. The Morgan fingerprint density at radius 1 is 0.432 bits per heavy atom. The molecule has 0 saturated heterocycles. The summed E-state index contributed by atoms with van der Waals surface area (Å²) in [6, 6.07) is 0. The van der Waals surface area contributed by atoms with E-state index < -0.39 is 277 Å². The number of carbonyl (C=O) groups excluding carboxylic acids is 5. The van der Waals surface area contributed by atoms with E-state index in [2.05, 4.69) is 0 Å². The fourth-order valence-electron chi connectivity index (χ4n) is 10.2. The Bertz CT molecular complexity index is 2430. The van der Waals surface area contributed by atoms with Gasteiger partial charge in [0.25, 0.3) is 0 Å². The van der Waals surface area contributed by atoms with Crippen LogP contribution in [-0.2, 0) is 57.1 Å². The van der Waals surface area contributed by atoms with Crippen LogP contribution in [0.25, 0.3) is 0 Å². The van der Waals surface area contributed by atoms with Gasteiger partial charge in [0, 0.05) is 68.6 Å². The molecule has 30 unspecified atom stereocenters. The summed E-state index contributed by atoms with van der Waals surface area (Å²) in [4.78, 5) is 68.7. The minimum atomic E-state index is -2.25. The summed E-state index contributed by atoms with van der Waals surface area (Å²) >= 11 is 0. The maximum atomic E-state index is 14.3. The molecule has 2 rings (SSSR count). The van der Waals surface area contributed by atoms with Gasteiger partial charge in [-0.2, -0.15) is 0 Å². The predicted octanol–water partition coefficient (Wildman–Crippen LogP) is -11.8. The summed E-state index contributed by atoms with van der Waals surface area (Å²) < 4.78 is 40.3. The monoisotopic (exact) mass is 1380 g/mol. The normalized spacial score (nSPS) is 28.6. The van der Waals surface area contributed by atoms with Crippen molar-refractivity contribution in [2.24, 2.45) is 29.6 Å². The summed E-state index contributed by atoms with van der Waals surface area (Å²) in [6.07, 6.45) is -43.8. The van der Waals surface area contributed by atoms with Crippen LogP contribution in [-0.4, -0.2) is 365 Å². The third-order valence-corrected chi connectivity index (χ3v) is 16.3. The number of hydrogen-bond donors (Lipinski definition) is 24. The van der Waals surface area contributed by atoms with Crippen molar-refractivity contribution in [2.45, 2.75) is 186 Å². The largest absolute Gasteiger partial charge is 0.462 e. The summed E-state index contributed by atoms with van der Waals surface area (Å²) in [7, 11) is 2.10. The molecule has 0 aromatic heterocycles. The summed E-state index contributed by atoms with van der Waals surface area (Å²) in [5, 5.41) is 244. The molecule has 0 bridgehead atoms. The third kappa shape index (κ3) is 26.4. The van der Waals surface area contributed by atoms with Gasteiger partial charge >= 0.3 is 23.9 Å². The second-order valence-electron chi connectivity index (χ2n) is 23.1. The summed E-state index contributed by atoms with van der Waals surface area (Å²) in [5.41, 5.74) is 0. The van der Waals surface area contributed by atoms with Crippen LogP contribution in [0.3, 0.4) is 0 Å². The number of ketones is 1. The minimum Gasteiger partial charge on any atom is -0.462 e. The smallest absolute Gasteiger partial charge is 0.330 e. The maximum absolute atomic E-state index is 14.3. The third-order valence-electron chi connectivity index (χ3n) is 16.3. The van der Waals surface area contributed by atoms with E-state index >= 15 is 0 Å². The molecule has 95 heavy (non-hydrogen) atoms. The lowest BCUT2D eigenvalue weighted by Gasteiger charge is -2.49. The zero-order valence-electron chi connectivity index (χ0n) is 52.3. The second-order valence-corrected chi connectivity index (χ2v) is 23.1. The molecule has 548 valence electrons. The fourth-order valence-corrected chi connectivity index (χ4v) is 10.2. The van der Waals surface area contributed by atoms with Crippen LogP contribution in [0.15, 0.2) is 60.8 Å². The minimum absolute atomic E-state index is 0.449. The summed E-state index contributed by atoms with van der Waals surface area (Å²) in [5.74, 6) is -12.5. The van der Waals surface area contributed by atoms with Crippen LogP contribution in [0.5, 0.6) is 0 Å². The lowest BCUT2D eigenvalue weighted by atomic mass is 9.72. The number of carbonyl (C=O) groups is 5. The Balaban J connectivity index is 3.03. The molecule has 30 atom stereocenters. The molecule has 36 heteroatoms. The van der Waals surface area contributed by atoms with Gasteiger partial charge in [0.05, 0.1) is 76.8 Å². The molecule has 36 nitrogen and oxygen atoms in total. The van der Waals surface area contributed by atoms with E-state index in [9.17, 15) is 147 Å². The number of aliphatic hydroxyl groups is 24. The number of esters is 4. The van der Waals surface area contributed by atoms with Gasteiger partial charge in [-0.05, 0) is 49.1 Å². The molecule has 2 aliphatic rings. The number of methoxy groups -OCH3 is 2. The van der Waals surface area contributed by atoms with Crippen molar-refractivity contribution in [1.29, 1.82) is 0 Å². The van der Waals surface area contributed by atoms with E-state index in [0.717, 1.165) is 32.4 Å². The predicted molar refractivity (Wildman–Crippen MR) is 315 cm³/mol. The molecule has 0 heterocycles. The quantitative estimate of drug-likeness (QED) is 0.0153. The molecule has 2 aliphatic carbocycles. The highest BCUT2D eigenvalue weighted by atomic mass is 16.6. The average molecular weight is 1380 g/mol. The fraction of sp³-hybridized carbons (Fsp3) is 0.746. The van der Waals surface area contributed by atoms with Gasteiger partial charge in [0.15, 0.2) is 11.9 Å². The van der Waals surface area contributed by atoms with E-state index in [0.29, 0.717) is 42.5 Å². The molecule has 0 aliphatic heterocycles. The highest BCUT2D eigenvalue weighted by Crippen LogP contribution is 2.43. The lowest BCUT2D eigenvalue weighted by molar-refractivity contribution is -0.230. The van der Waals surface area contributed by atoms with E-state index in [4.69, 9.17) is 33.2 Å². The summed E-state index contributed by atoms with van der Waals surface area (Å²) in [6.45, 7) is -3.82. The van der Waals surface area contributed by atoms with Crippen molar-refractivity contribution in [1.82, 2.24) is 0 Å². The second kappa shape index (κ2) is 42.9. The van der Waals surface area contributed by atoms with Gasteiger partial charge in [-0.3, -0.25) is 4.79 Å². The lowest BCUT2D eigenvalue weighted by Crippen LogP contribution is -2.59. The highest BCUT2D eigenvalue weighted by molar-refractivity contribution is 5.90.